The van der Waals surface area contributed by atoms with Gasteiger partial charge in [-0.3, -0.25) is 4.79 Å². The average molecular weight is 341 g/mol. The number of benzene rings is 1. The van der Waals surface area contributed by atoms with Gasteiger partial charge in [-0.2, -0.15) is 13.2 Å². The van der Waals surface area contributed by atoms with Gasteiger partial charge in [-0.15, -0.1) is 0 Å². The lowest BCUT2D eigenvalue weighted by Crippen LogP contribution is -2.46. The van der Waals surface area contributed by atoms with Gasteiger partial charge in [0.15, 0.2) is 0 Å². The number of carbonyl (C=O) groups is 2. The van der Waals surface area contributed by atoms with Gasteiger partial charge < -0.3 is 15.5 Å². The maximum atomic E-state index is 12.8. The van der Waals surface area contributed by atoms with Crippen molar-refractivity contribution < 1.29 is 22.8 Å². The van der Waals surface area contributed by atoms with Gasteiger partial charge in [-0.05, 0) is 37.0 Å². The van der Waals surface area contributed by atoms with Crippen molar-refractivity contribution in [1.29, 1.82) is 0 Å². The van der Waals surface area contributed by atoms with Crippen molar-refractivity contribution in [3.05, 3.63) is 23.8 Å². The van der Waals surface area contributed by atoms with Crippen molar-refractivity contribution in [3.63, 3.8) is 0 Å². The number of nitrogens with zero attached hydrogens (tertiary/aromatic N) is 1. The van der Waals surface area contributed by atoms with Gasteiger partial charge in [-0.25, -0.2) is 4.79 Å². The fourth-order valence-corrected chi connectivity index (χ4v) is 3.08. The number of aryl methyl sites for hydroxylation is 1. The maximum absolute atomic E-state index is 12.8. The first kappa shape index (κ1) is 16.6. The zero-order valence-electron chi connectivity index (χ0n) is 12.9. The molecule has 0 spiro atoms. The van der Waals surface area contributed by atoms with Crippen LogP contribution in [0, 0.1) is 5.92 Å². The molecular formula is C16H18F3N3O2. The second-order valence-corrected chi connectivity index (χ2v) is 6.18. The lowest BCUT2D eigenvalue weighted by atomic mass is 9.98. The first-order valence-electron chi connectivity index (χ1n) is 7.88. The Morgan fingerprint density at radius 2 is 2.08 bits per heavy atom. The van der Waals surface area contributed by atoms with Crippen molar-refractivity contribution in [2.24, 2.45) is 5.92 Å². The number of hydrogen-bond donors (Lipinski definition) is 2. The second-order valence-electron chi connectivity index (χ2n) is 6.18. The summed E-state index contributed by atoms with van der Waals surface area (Å²) in [5.74, 6) is -1.56. The third-order valence-corrected chi connectivity index (χ3v) is 4.43. The highest BCUT2D eigenvalue weighted by molar-refractivity contribution is 5.96. The van der Waals surface area contributed by atoms with Crippen LogP contribution in [0.5, 0.6) is 0 Å². The lowest BCUT2D eigenvalue weighted by Gasteiger charge is -2.33. The molecule has 0 radical (unpaired) electrons. The predicted octanol–water partition coefficient (Wildman–Crippen LogP) is 3.38. The van der Waals surface area contributed by atoms with E-state index in [1.807, 2.05) is 0 Å². The van der Waals surface area contributed by atoms with E-state index in [4.69, 9.17) is 0 Å². The van der Waals surface area contributed by atoms with Crippen LogP contribution in [-0.2, 0) is 11.2 Å². The van der Waals surface area contributed by atoms with Crippen LogP contribution in [0.3, 0.4) is 0 Å². The van der Waals surface area contributed by atoms with Crippen LogP contribution in [0.1, 0.15) is 24.8 Å². The Kier molecular flexibility index (Phi) is 4.38. The average Bonchev–Trinajstić information content (AvgIpc) is 2.54. The minimum Gasteiger partial charge on any atom is -0.326 e. The van der Waals surface area contributed by atoms with Gasteiger partial charge in [0.2, 0.25) is 5.91 Å². The molecule has 0 saturated carbocycles. The van der Waals surface area contributed by atoms with Gasteiger partial charge in [0, 0.05) is 30.9 Å². The SMILES string of the molecule is O=C1CCc2ccc(NC(=O)N3CCC[C@H](C(F)(F)F)C3)cc2N1. The summed E-state index contributed by atoms with van der Waals surface area (Å²) in [6, 6.07) is 4.58. The number of hydrogen-bond acceptors (Lipinski definition) is 2. The molecule has 1 saturated heterocycles. The number of urea groups is 1. The van der Waals surface area contributed by atoms with E-state index in [2.05, 4.69) is 10.6 Å². The van der Waals surface area contributed by atoms with E-state index in [1.54, 1.807) is 18.2 Å². The Bertz CT molecular complexity index is 660. The van der Waals surface area contributed by atoms with Crippen LogP contribution in [0.4, 0.5) is 29.3 Å². The molecule has 1 aromatic carbocycles. The third kappa shape index (κ3) is 3.63. The van der Waals surface area contributed by atoms with Crippen molar-refractivity contribution in [2.75, 3.05) is 23.7 Å². The van der Waals surface area contributed by atoms with E-state index >= 15 is 0 Å². The van der Waals surface area contributed by atoms with Gasteiger partial charge in [0.05, 0.1) is 5.92 Å². The largest absolute Gasteiger partial charge is 0.393 e. The number of likely N-dealkylation sites (tertiary alicyclic amines) is 1. The molecule has 2 aliphatic heterocycles. The van der Waals surface area contributed by atoms with Crippen molar-refractivity contribution in [2.45, 2.75) is 31.9 Å². The van der Waals surface area contributed by atoms with Crippen molar-refractivity contribution >= 4 is 23.3 Å². The number of anilines is 2. The molecule has 2 aliphatic rings. The maximum Gasteiger partial charge on any atom is 0.393 e. The Labute approximate surface area is 137 Å². The van der Waals surface area contributed by atoms with Gasteiger partial charge >= 0.3 is 12.2 Å². The molecule has 5 nitrogen and oxygen atoms in total. The van der Waals surface area contributed by atoms with Crippen LogP contribution >= 0.6 is 0 Å². The number of piperidine rings is 1. The molecule has 2 N–H and O–H groups in total. The standard InChI is InChI=1S/C16H18F3N3O2/c17-16(18,19)11-2-1-7-22(9-11)15(24)20-12-5-3-10-4-6-14(23)21-13(10)8-12/h3,5,8,11H,1-2,4,6-7,9H2,(H,20,24)(H,21,23)/t11-/m0/s1. The molecule has 1 aromatic rings. The van der Waals surface area contributed by atoms with Crippen LogP contribution in [0.25, 0.3) is 0 Å². The number of fused-ring (bicyclic) bond motifs is 1. The first-order chi connectivity index (χ1) is 11.3. The number of carbonyl (C=O) groups excluding carboxylic acids is 2. The molecule has 3 amide bonds. The van der Waals surface area contributed by atoms with Gasteiger partial charge in [0.1, 0.15) is 0 Å². The predicted molar refractivity (Wildman–Crippen MR) is 82.8 cm³/mol. The minimum atomic E-state index is -4.28. The summed E-state index contributed by atoms with van der Waals surface area (Å²) in [6.45, 7) is -0.0168. The molecule has 0 bridgehead atoms. The van der Waals surface area contributed by atoms with Crippen LogP contribution in [0.15, 0.2) is 18.2 Å². The zero-order chi connectivity index (χ0) is 17.3. The van der Waals surface area contributed by atoms with E-state index in [9.17, 15) is 22.8 Å². The topological polar surface area (TPSA) is 61.4 Å². The summed E-state index contributed by atoms with van der Waals surface area (Å²) < 4.78 is 38.5. The Morgan fingerprint density at radius 3 is 2.83 bits per heavy atom. The summed E-state index contributed by atoms with van der Waals surface area (Å²) in [5, 5.41) is 5.34. The van der Waals surface area contributed by atoms with E-state index in [0.29, 0.717) is 37.2 Å². The van der Waals surface area contributed by atoms with Crippen molar-refractivity contribution in [1.82, 2.24) is 4.90 Å². The summed E-state index contributed by atoms with van der Waals surface area (Å²) in [4.78, 5) is 24.9. The molecule has 2 heterocycles. The Hall–Kier alpha value is -2.25. The summed E-state index contributed by atoms with van der Waals surface area (Å²) in [7, 11) is 0. The molecule has 8 heteroatoms. The number of alkyl halides is 3. The molecule has 0 aromatic heterocycles. The highest BCUT2D eigenvalue weighted by Crippen LogP contribution is 2.33. The Morgan fingerprint density at radius 1 is 1.29 bits per heavy atom. The number of halogens is 3. The molecule has 1 fully saturated rings. The van der Waals surface area contributed by atoms with E-state index < -0.39 is 18.1 Å². The van der Waals surface area contributed by atoms with Crippen LogP contribution < -0.4 is 10.6 Å². The van der Waals surface area contributed by atoms with Gasteiger partial charge in [0.25, 0.3) is 0 Å². The third-order valence-electron chi connectivity index (χ3n) is 4.43. The monoisotopic (exact) mass is 341 g/mol. The molecule has 0 aliphatic carbocycles. The second kappa shape index (κ2) is 6.33. The van der Waals surface area contributed by atoms with Gasteiger partial charge in [-0.1, -0.05) is 6.07 Å². The highest BCUT2D eigenvalue weighted by Gasteiger charge is 2.42. The van der Waals surface area contributed by atoms with E-state index in [0.717, 1.165) is 5.56 Å². The summed E-state index contributed by atoms with van der Waals surface area (Å²) in [5.41, 5.74) is 2.06. The van der Waals surface area contributed by atoms with E-state index in [1.165, 1.54) is 4.90 Å². The highest BCUT2D eigenvalue weighted by atomic mass is 19.4. The van der Waals surface area contributed by atoms with Crippen LogP contribution in [0.2, 0.25) is 0 Å². The molecule has 0 unspecified atom stereocenters. The number of rotatable bonds is 1. The normalized spacial score (nSPS) is 21.0. The fraction of sp³-hybridized carbons (Fsp3) is 0.500. The molecule has 24 heavy (non-hydrogen) atoms. The fourth-order valence-electron chi connectivity index (χ4n) is 3.08. The quantitative estimate of drug-likeness (QED) is 0.823. The van der Waals surface area contributed by atoms with Crippen molar-refractivity contribution in [3.8, 4) is 0 Å². The molecule has 130 valence electrons. The number of amides is 3. The van der Waals surface area contributed by atoms with E-state index in [-0.39, 0.29) is 18.9 Å². The minimum absolute atomic E-state index is 0.0537. The summed E-state index contributed by atoms with van der Waals surface area (Å²) >= 11 is 0. The van der Waals surface area contributed by atoms with Crippen LogP contribution in [-0.4, -0.2) is 36.1 Å². The number of nitrogens with one attached hydrogen (secondary N) is 2. The smallest absolute Gasteiger partial charge is 0.326 e. The first-order valence-corrected chi connectivity index (χ1v) is 7.88. The lowest BCUT2D eigenvalue weighted by molar-refractivity contribution is -0.183. The zero-order valence-corrected chi connectivity index (χ0v) is 12.9. The molecule has 3 rings (SSSR count). The Balaban J connectivity index is 1.66. The molecular weight excluding hydrogens is 323 g/mol. The summed E-state index contributed by atoms with van der Waals surface area (Å²) in [6.07, 6.45) is -2.84. The molecule has 1 atom stereocenters.